The van der Waals surface area contributed by atoms with E-state index in [1.165, 1.54) is 24.3 Å². The number of halogens is 2. The topological polar surface area (TPSA) is 71.3 Å². The minimum Gasteiger partial charge on any atom is -0.339 e. The highest BCUT2D eigenvalue weighted by Crippen LogP contribution is 2.27. The summed E-state index contributed by atoms with van der Waals surface area (Å²) in [5.74, 6) is 0.0273. The van der Waals surface area contributed by atoms with Crippen LogP contribution in [0.25, 0.3) is 11.4 Å². The molecule has 0 bridgehead atoms. The first-order chi connectivity index (χ1) is 14.1. The van der Waals surface area contributed by atoms with Gasteiger partial charge in [-0.05, 0) is 42.7 Å². The second-order valence-electron chi connectivity index (χ2n) is 7.04. The van der Waals surface area contributed by atoms with Crippen molar-refractivity contribution in [1.29, 1.82) is 0 Å². The zero-order valence-corrected chi connectivity index (χ0v) is 15.6. The number of likely N-dealkylation sites (tertiary alicyclic amines) is 1. The molecule has 2 aromatic carbocycles. The zero-order valence-electron chi connectivity index (χ0n) is 15.6. The maximum Gasteiger partial charge on any atom is 0.317 e. The molecular weight excluding hydrogens is 378 g/mol. The number of urea groups is 1. The molecule has 4 rings (SSSR count). The van der Waals surface area contributed by atoms with Crippen LogP contribution in [0.1, 0.15) is 30.2 Å². The van der Waals surface area contributed by atoms with Crippen LogP contribution in [0.3, 0.4) is 0 Å². The van der Waals surface area contributed by atoms with E-state index in [1.54, 1.807) is 29.2 Å². The lowest BCUT2D eigenvalue weighted by Gasteiger charge is -2.31. The van der Waals surface area contributed by atoms with Gasteiger partial charge in [-0.2, -0.15) is 4.98 Å². The van der Waals surface area contributed by atoms with Crippen LogP contribution in [0.4, 0.5) is 13.6 Å². The lowest BCUT2D eigenvalue weighted by Crippen LogP contribution is -2.44. The molecule has 0 aliphatic carbocycles. The van der Waals surface area contributed by atoms with Crippen molar-refractivity contribution in [3.63, 3.8) is 0 Å². The van der Waals surface area contributed by atoms with E-state index in [4.69, 9.17) is 4.52 Å². The number of nitrogens with one attached hydrogen (secondary N) is 1. The smallest absolute Gasteiger partial charge is 0.317 e. The van der Waals surface area contributed by atoms with Gasteiger partial charge >= 0.3 is 6.03 Å². The maximum absolute atomic E-state index is 13.4. The molecular formula is C21H20F2N4O2. The summed E-state index contributed by atoms with van der Waals surface area (Å²) in [5.41, 5.74) is 1.37. The second-order valence-corrected chi connectivity index (χ2v) is 7.04. The molecule has 2 amide bonds. The van der Waals surface area contributed by atoms with Crippen molar-refractivity contribution in [2.75, 3.05) is 13.1 Å². The van der Waals surface area contributed by atoms with Gasteiger partial charge in [0.1, 0.15) is 11.6 Å². The summed E-state index contributed by atoms with van der Waals surface area (Å²) in [4.78, 5) is 18.6. The molecule has 0 spiro atoms. The van der Waals surface area contributed by atoms with Crippen LogP contribution in [-0.4, -0.2) is 34.2 Å². The number of carbonyl (C=O) groups excluding carboxylic acids is 1. The molecule has 8 heteroatoms. The molecule has 1 saturated heterocycles. The predicted molar refractivity (Wildman–Crippen MR) is 102 cm³/mol. The molecule has 0 radical (unpaired) electrons. The van der Waals surface area contributed by atoms with Crippen molar-refractivity contribution < 1.29 is 18.1 Å². The van der Waals surface area contributed by atoms with Crippen molar-refractivity contribution in [3.05, 3.63) is 71.6 Å². The SMILES string of the molecule is O=C(NCc1ccc(F)cc1)N1CCCC(c2nc(-c3cccc(F)c3)no2)C1. The summed E-state index contributed by atoms with van der Waals surface area (Å²) in [6, 6.07) is 11.8. The van der Waals surface area contributed by atoms with Crippen molar-refractivity contribution in [2.45, 2.75) is 25.3 Å². The van der Waals surface area contributed by atoms with Crippen molar-refractivity contribution in [2.24, 2.45) is 0 Å². The van der Waals surface area contributed by atoms with Crippen molar-refractivity contribution in [1.82, 2.24) is 20.4 Å². The second kappa shape index (κ2) is 8.38. The molecule has 0 saturated carbocycles. The molecule has 1 N–H and O–H groups in total. The van der Waals surface area contributed by atoms with Gasteiger partial charge in [0.05, 0.1) is 5.92 Å². The number of rotatable bonds is 4. The van der Waals surface area contributed by atoms with Gasteiger partial charge in [0, 0.05) is 25.2 Å². The number of aromatic nitrogens is 2. The third-order valence-electron chi connectivity index (χ3n) is 4.94. The molecule has 1 unspecified atom stereocenters. The van der Waals surface area contributed by atoms with Crippen molar-refractivity contribution >= 4 is 6.03 Å². The third-order valence-corrected chi connectivity index (χ3v) is 4.94. The first-order valence-electron chi connectivity index (χ1n) is 9.45. The Labute approximate surface area is 166 Å². The van der Waals surface area contributed by atoms with Gasteiger partial charge in [0.25, 0.3) is 0 Å². The minimum absolute atomic E-state index is 0.0740. The van der Waals surface area contributed by atoms with Crippen molar-refractivity contribution in [3.8, 4) is 11.4 Å². The number of benzene rings is 2. The molecule has 1 aliphatic heterocycles. The summed E-state index contributed by atoms with van der Waals surface area (Å²) >= 11 is 0. The summed E-state index contributed by atoms with van der Waals surface area (Å²) in [7, 11) is 0. The zero-order chi connectivity index (χ0) is 20.2. The Morgan fingerprint density at radius 2 is 2.00 bits per heavy atom. The van der Waals surface area contributed by atoms with Crippen LogP contribution in [0.15, 0.2) is 53.1 Å². The first kappa shape index (κ1) is 19.0. The third kappa shape index (κ3) is 4.59. The van der Waals surface area contributed by atoms with Crippen LogP contribution in [-0.2, 0) is 6.54 Å². The van der Waals surface area contributed by atoms with Crippen LogP contribution < -0.4 is 5.32 Å². The molecule has 150 valence electrons. The minimum atomic E-state index is -0.365. The highest BCUT2D eigenvalue weighted by atomic mass is 19.1. The van der Waals surface area contributed by atoms with Gasteiger partial charge in [-0.25, -0.2) is 13.6 Å². The van der Waals surface area contributed by atoms with Gasteiger partial charge in [-0.1, -0.05) is 29.4 Å². The van der Waals surface area contributed by atoms with Gasteiger partial charge in [-0.15, -0.1) is 0 Å². The fraction of sp³-hybridized carbons (Fsp3) is 0.286. The molecule has 3 aromatic rings. The van der Waals surface area contributed by atoms with E-state index in [0.29, 0.717) is 36.9 Å². The van der Waals surface area contributed by atoms with Crippen LogP contribution >= 0.6 is 0 Å². The monoisotopic (exact) mass is 398 g/mol. The van der Waals surface area contributed by atoms with Crippen LogP contribution in [0, 0.1) is 11.6 Å². The van der Waals surface area contributed by atoms with E-state index in [9.17, 15) is 13.6 Å². The van der Waals surface area contributed by atoms with E-state index >= 15 is 0 Å². The van der Waals surface area contributed by atoms with Gasteiger partial charge < -0.3 is 14.7 Å². The molecule has 2 heterocycles. The average molecular weight is 398 g/mol. The lowest BCUT2D eigenvalue weighted by molar-refractivity contribution is 0.171. The largest absolute Gasteiger partial charge is 0.339 e. The van der Waals surface area contributed by atoms with Gasteiger partial charge in [0.15, 0.2) is 0 Å². The first-order valence-corrected chi connectivity index (χ1v) is 9.45. The number of hydrogen-bond acceptors (Lipinski definition) is 4. The molecule has 1 aliphatic rings. The summed E-state index contributed by atoms with van der Waals surface area (Å²) in [6.45, 7) is 1.42. The molecule has 1 aromatic heterocycles. The quantitative estimate of drug-likeness (QED) is 0.718. The lowest BCUT2D eigenvalue weighted by atomic mass is 9.98. The fourth-order valence-electron chi connectivity index (χ4n) is 3.40. The fourth-order valence-corrected chi connectivity index (χ4v) is 3.40. The highest BCUT2D eigenvalue weighted by molar-refractivity contribution is 5.74. The van der Waals surface area contributed by atoms with E-state index in [2.05, 4.69) is 15.5 Å². The van der Waals surface area contributed by atoms with E-state index < -0.39 is 0 Å². The van der Waals surface area contributed by atoms with Gasteiger partial charge in [-0.3, -0.25) is 0 Å². The van der Waals surface area contributed by atoms with Crippen LogP contribution in [0.2, 0.25) is 0 Å². The number of carbonyl (C=O) groups is 1. The van der Waals surface area contributed by atoms with E-state index in [0.717, 1.165) is 18.4 Å². The average Bonchev–Trinajstić information content (AvgIpc) is 3.24. The number of amides is 2. The Morgan fingerprint density at radius 1 is 1.17 bits per heavy atom. The standard InChI is InChI=1S/C21H20F2N4O2/c22-17-8-6-14(7-9-17)12-24-21(28)27-10-2-4-16(13-27)20-25-19(26-29-20)15-3-1-5-18(23)11-15/h1,3,5-9,11,16H,2,4,10,12-13H2,(H,24,28). The summed E-state index contributed by atoms with van der Waals surface area (Å²) < 4.78 is 31.8. The Balaban J connectivity index is 1.38. The Kier molecular flexibility index (Phi) is 5.50. The number of hydrogen-bond donors (Lipinski definition) is 1. The van der Waals surface area contributed by atoms with E-state index in [1.807, 2.05) is 0 Å². The maximum atomic E-state index is 13.4. The number of piperidine rings is 1. The van der Waals surface area contributed by atoms with Gasteiger partial charge in [0.2, 0.25) is 11.7 Å². The van der Waals surface area contributed by atoms with E-state index in [-0.39, 0.29) is 23.6 Å². The van der Waals surface area contributed by atoms with Crippen LogP contribution in [0.5, 0.6) is 0 Å². The Bertz CT molecular complexity index is 990. The molecule has 1 atom stereocenters. The predicted octanol–water partition coefficient (Wildman–Crippen LogP) is 4.10. The summed E-state index contributed by atoms with van der Waals surface area (Å²) in [5, 5.41) is 6.81. The number of nitrogens with zero attached hydrogens (tertiary/aromatic N) is 3. The normalized spacial score (nSPS) is 16.6. The molecule has 29 heavy (non-hydrogen) atoms. The molecule has 1 fully saturated rings. The highest BCUT2D eigenvalue weighted by Gasteiger charge is 2.28. The molecule has 6 nitrogen and oxygen atoms in total. The summed E-state index contributed by atoms with van der Waals surface area (Å²) in [6.07, 6.45) is 1.64. The Hall–Kier alpha value is -3.29. The Morgan fingerprint density at radius 3 is 2.79 bits per heavy atom.